The van der Waals surface area contributed by atoms with E-state index in [2.05, 4.69) is 5.32 Å². The van der Waals surface area contributed by atoms with E-state index in [1.165, 1.54) is 38.0 Å². The molecule has 0 aliphatic carbocycles. The highest BCUT2D eigenvalue weighted by molar-refractivity contribution is 7.99. The maximum absolute atomic E-state index is 12.7. The molecule has 34 heavy (non-hydrogen) atoms. The Hall–Kier alpha value is -2.63. The summed E-state index contributed by atoms with van der Waals surface area (Å²) < 4.78 is 28.0. The van der Waals surface area contributed by atoms with Crippen LogP contribution in [0.4, 0.5) is 5.69 Å². The second kappa shape index (κ2) is 10.3. The number of sulfonamides is 1. The topological polar surface area (TPSA) is 84.3 Å². The molecule has 0 aliphatic heterocycles. The predicted octanol–water partition coefficient (Wildman–Crippen LogP) is 5.24. The Morgan fingerprint density at radius 1 is 1.15 bits per heavy atom. The lowest BCUT2D eigenvalue weighted by molar-refractivity contribution is -0.113. The smallest absolute Gasteiger partial charge is 0.244 e. The average Bonchev–Trinajstić information content (AvgIpc) is 3.49. The molecule has 4 rings (SSSR count). The number of benzene rings is 2. The van der Waals surface area contributed by atoms with E-state index < -0.39 is 10.0 Å². The lowest BCUT2D eigenvalue weighted by atomic mass is 10.3. The third-order valence-electron chi connectivity index (χ3n) is 4.79. The van der Waals surface area contributed by atoms with E-state index >= 15 is 0 Å². The molecule has 0 saturated carbocycles. The number of hydrogen-bond acceptors (Lipinski definition) is 6. The number of anilines is 1. The second-order valence-electron chi connectivity index (χ2n) is 7.36. The van der Waals surface area contributed by atoms with Crippen molar-refractivity contribution in [2.24, 2.45) is 0 Å². The molecule has 0 aliphatic rings. The van der Waals surface area contributed by atoms with Crippen molar-refractivity contribution in [1.82, 2.24) is 13.9 Å². The highest BCUT2D eigenvalue weighted by Crippen LogP contribution is 2.30. The molecule has 11 heteroatoms. The van der Waals surface area contributed by atoms with E-state index in [1.54, 1.807) is 17.4 Å². The lowest BCUT2D eigenvalue weighted by Crippen LogP contribution is -2.23. The lowest BCUT2D eigenvalue weighted by Gasteiger charge is -2.14. The zero-order chi connectivity index (χ0) is 24.3. The molecule has 176 valence electrons. The molecule has 2 aromatic carbocycles. The molecule has 2 aromatic heterocycles. The summed E-state index contributed by atoms with van der Waals surface area (Å²) in [5.41, 5.74) is 2.12. The molecule has 0 saturated heterocycles. The van der Waals surface area contributed by atoms with Crippen molar-refractivity contribution in [3.05, 3.63) is 77.3 Å². The third kappa shape index (κ3) is 5.37. The summed E-state index contributed by atoms with van der Waals surface area (Å²) in [7, 11) is -0.897. The van der Waals surface area contributed by atoms with Gasteiger partial charge in [0.25, 0.3) is 0 Å². The maximum atomic E-state index is 12.7. The molecule has 1 N–H and O–H groups in total. The molecule has 0 atom stereocenters. The summed E-state index contributed by atoms with van der Waals surface area (Å²) >= 11 is 8.99. The first-order valence-corrected chi connectivity index (χ1v) is 13.8. The van der Waals surface area contributed by atoms with Crippen LogP contribution >= 0.6 is 34.7 Å². The van der Waals surface area contributed by atoms with Crippen molar-refractivity contribution >= 4 is 56.3 Å². The zero-order valence-corrected chi connectivity index (χ0v) is 21.5. The highest BCUT2D eigenvalue weighted by Gasteiger charge is 2.22. The van der Waals surface area contributed by atoms with Crippen LogP contribution in [0, 0.1) is 0 Å². The van der Waals surface area contributed by atoms with Gasteiger partial charge in [-0.2, -0.15) is 0 Å². The van der Waals surface area contributed by atoms with Crippen molar-refractivity contribution < 1.29 is 13.2 Å². The Kier molecular flexibility index (Phi) is 7.44. The molecule has 1 amide bonds. The number of thioether (sulfide) groups is 1. The van der Waals surface area contributed by atoms with E-state index in [0.717, 1.165) is 20.6 Å². The summed E-state index contributed by atoms with van der Waals surface area (Å²) in [6, 6.07) is 18.1. The quantitative estimate of drug-likeness (QED) is 0.314. The number of carbonyl (C=O) groups is 1. The molecule has 0 radical (unpaired) electrons. The third-order valence-corrected chi connectivity index (χ3v) is 8.93. The van der Waals surface area contributed by atoms with Gasteiger partial charge in [-0.25, -0.2) is 17.7 Å². The van der Waals surface area contributed by atoms with Gasteiger partial charge in [0, 0.05) is 31.7 Å². The first-order chi connectivity index (χ1) is 16.3. The van der Waals surface area contributed by atoms with Crippen LogP contribution in [-0.2, 0) is 14.8 Å². The number of para-hydroxylation sites is 1. The standard InChI is InChI=1S/C23H21ClN4O3S3/c1-27(2)34(30,31)21-13-16(10-11-18(21)24)25-22(29)15-33-23-26-19(20-9-6-12-32-20)14-28(23)17-7-4-3-5-8-17/h3-14H,15H2,1-2H3,(H,25,29). The Morgan fingerprint density at radius 3 is 2.59 bits per heavy atom. The Labute approximate surface area is 211 Å². The Bertz CT molecular complexity index is 1400. The number of aromatic nitrogens is 2. The molecule has 0 unspecified atom stereocenters. The summed E-state index contributed by atoms with van der Waals surface area (Å²) in [4.78, 5) is 18.4. The SMILES string of the molecule is CN(C)S(=O)(=O)c1cc(NC(=O)CSc2nc(-c3cccs3)cn2-c2ccccc2)ccc1Cl. The molecular formula is C23H21ClN4O3S3. The van der Waals surface area contributed by atoms with Gasteiger partial charge < -0.3 is 5.32 Å². The number of imidazole rings is 1. The van der Waals surface area contributed by atoms with Crippen molar-refractivity contribution in [3.8, 4) is 16.3 Å². The van der Waals surface area contributed by atoms with E-state index in [4.69, 9.17) is 16.6 Å². The molecule has 0 bridgehead atoms. The minimum Gasteiger partial charge on any atom is -0.325 e. The number of nitrogens with one attached hydrogen (secondary N) is 1. The number of hydrogen-bond donors (Lipinski definition) is 1. The van der Waals surface area contributed by atoms with Gasteiger partial charge in [0.1, 0.15) is 4.90 Å². The summed E-state index contributed by atoms with van der Waals surface area (Å²) in [6.07, 6.45) is 1.96. The van der Waals surface area contributed by atoms with Gasteiger partial charge in [-0.3, -0.25) is 9.36 Å². The van der Waals surface area contributed by atoms with Crippen molar-refractivity contribution in [1.29, 1.82) is 0 Å². The first kappa shape index (κ1) is 24.5. The number of carbonyl (C=O) groups excluding carboxylic acids is 1. The highest BCUT2D eigenvalue weighted by atomic mass is 35.5. The van der Waals surface area contributed by atoms with Gasteiger partial charge >= 0.3 is 0 Å². The van der Waals surface area contributed by atoms with Crippen LogP contribution in [0.5, 0.6) is 0 Å². The van der Waals surface area contributed by atoms with Gasteiger partial charge in [0.05, 0.1) is 21.3 Å². The molecule has 2 heterocycles. The normalized spacial score (nSPS) is 11.6. The molecule has 7 nitrogen and oxygen atoms in total. The number of halogens is 1. The molecular weight excluding hydrogens is 512 g/mol. The van der Waals surface area contributed by atoms with Gasteiger partial charge in [0.2, 0.25) is 15.9 Å². The van der Waals surface area contributed by atoms with Crippen LogP contribution in [0.15, 0.2) is 82.3 Å². The first-order valence-electron chi connectivity index (χ1n) is 10.1. The van der Waals surface area contributed by atoms with Gasteiger partial charge in [-0.1, -0.05) is 47.6 Å². The van der Waals surface area contributed by atoms with Gasteiger partial charge in [-0.15, -0.1) is 11.3 Å². The van der Waals surface area contributed by atoms with Gasteiger partial charge in [0.15, 0.2) is 5.16 Å². The van der Waals surface area contributed by atoms with Crippen LogP contribution < -0.4 is 5.32 Å². The monoisotopic (exact) mass is 532 g/mol. The summed E-state index contributed by atoms with van der Waals surface area (Å²) in [6.45, 7) is 0. The predicted molar refractivity (Wildman–Crippen MR) is 139 cm³/mol. The minimum absolute atomic E-state index is 0.0650. The van der Waals surface area contributed by atoms with E-state index in [0.29, 0.717) is 10.8 Å². The van der Waals surface area contributed by atoms with Gasteiger partial charge in [-0.05, 0) is 41.8 Å². The minimum atomic E-state index is -3.74. The second-order valence-corrected chi connectivity index (χ2v) is 11.8. The number of nitrogens with zero attached hydrogens (tertiary/aromatic N) is 3. The van der Waals surface area contributed by atoms with Crippen LogP contribution in [0.2, 0.25) is 5.02 Å². The fraction of sp³-hybridized carbons (Fsp3) is 0.130. The van der Waals surface area contributed by atoms with E-state index in [-0.39, 0.29) is 21.6 Å². The fourth-order valence-electron chi connectivity index (χ4n) is 3.08. The van der Waals surface area contributed by atoms with E-state index in [9.17, 15) is 13.2 Å². The van der Waals surface area contributed by atoms with Crippen molar-refractivity contribution in [3.63, 3.8) is 0 Å². The Morgan fingerprint density at radius 2 is 1.91 bits per heavy atom. The van der Waals surface area contributed by atoms with Crippen LogP contribution in [0.3, 0.4) is 0 Å². The largest absolute Gasteiger partial charge is 0.325 e. The van der Waals surface area contributed by atoms with Crippen LogP contribution in [-0.4, -0.2) is 48.0 Å². The zero-order valence-electron chi connectivity index (χ0n) is 18.3. The molecule has 0 spiro atoms. The molecule has 4 aromatic rings. The number of amides is 1. The fourth-order valence-corrected chi connectivity index (χ4v) is 5.95. The number of rotatable bonds is 8. The maximum Gasteiger partial charge on any atom is 0.244 e. The van der Waals surface area contributed by atoms with Crippen LogP contribution in [0.25, 0.3) is 16.3 Å². The summed E-state index contributed by atoms with van der Waals surface area (Å²) in [5.74, 6) is -0.202. The van der Waals surface area contributed by atoms with Crippen molar-refractivity contribution in [2.45, 2.75) is 10.1 Å². The molecule has 0 fully saturated rings. The number of thiophene rings is 1. The summed E-state index contributed by atoms with van der Waals surface area (Å²) in [5, 5.41) is 5.51. The van der Waals surface area contributed by atoms with E-state index in [1.807, 2.05) is 58.6 Å². The van der Waals surface area contributed by atoms with Crippen LogP contribution in [0.1, 0.15) is 0 Å². The average molecular weight is 533 g/mol. The van der Waals surface area contributed by atoms with Crippen molar-refractivity contribution in [2.75, 3.05) is 25.2 Å². The Balaban J connectivity index is 1.53.